The molecule has 0 saturated heterocycles. The summed E-state index contributed by atoms with van der Waals surface area (Å²) in [4.78, 5) is 6.76. The number of nitrogens with zero attached hydrogens (tertiary/aromatic N) is 2. The second-order valence-electron chi connectivity index (χ2n) is 4.38. The molecule has 0 aromatic carbocycles. The summed E-state index contributed by atoms with van der Waals surface area (Å²) >= 11 is 0. The average molecular weight is 251 g/mol. The highest BCUT2D eigenvalue weighted by molar-refractivity contribution is 5.11. The maximum atomic E-state index is 6.13. The minimum atomic E-state index is 0.0430. The van der Waals surface area contributed by atoms with Crippen molar-refractivity contribution in [1.29, 1.82) is 0 Å². The molecule has 2 unspecified atom stereocenters. The Morgan fingerprint density at radius 1 is 1.39 bits per heavy atom. The van der Waals surface area contributed by atoms with Crippen molar-refractivity contribution in [3.63, 3.8) is 0 Å². The first-order valence-electron chi connectivity index (χ1n) is 6.69. The van der Waals surface area contributed by atoms with E-state index >= 15 is 0 Å². The highest BCUT2D eigenvalue weighted by Gasteiger charge is 2.23. The van der Waals surface area contributed by atoms with Crippen LogP contribution in [0, 0.1) is 0 Å². The van der Waals surface area contributed by atoms with Crippen LogP contribution in [-0.2, 0) is 4.74 Å². The normalized spacial score (nSPS) is 14.7. The van der Waals surface area contributed by atoms with Gasteiger partial charge in [-0.25, -0.2) is 0 Å². The second-order valence-corrected chi connectivity index (χ2v) is 4.38. The van der Waals surface area contributed by atoms with Crippen molar-refractivity contribution in [3.8, 4) is 0 Å². The van der Waals surface area contributed by atoms with Crippen LogP contribution < -0.4 is 5.73 Å². The van der Waals surface area contributed by atoms with Gasteiger partial charge in [0.25, 0.3) is 0 Å². The molecule has 1 rings (SSSR count). The molecule has 0 saturated carbocycles. The quantitative estimate of drug-likeness (QED) is 0.716. The first kappa shape index (κ1) is 15.1. The number of ether oxygens (including phenoxy) is 1. The second kappa shape index (κ2) is 8.19. The van der Waals surface area contributed by atoms with Gasteiger partial charge >= 0.3 is 0 Å². The molecule has 2 N–H and O–H groups in total. The van der Waals surface area contributed by atoms with Crippen LogP contribution in [0.15, 0.2) is 24.4 Å². The van der Waals surface area contributed by atoms with E-state index in [0.717, 1.165) is 32.0 Å². The molecule has 1 aromatic heterocycles. The van der Waals surface area contributed by atoms with Crippen LogP contribution >= 0.6 is 0 Å². The maximum absolute atomic E-state index is 6.13. The molecule has 102 valence electrons. The summed E-state index contributed by atoms with van der Waals surface area (Å²) in [6, 6.07) is 6.17. The molecule has 0 radical (unpaired) electrons. The molecule has 0 aliphatic carbocycles. The molecule has 0 aliphatic rings. The van der Waals surface area contributed by atoms with Crippen molar-refractivity contribution in [2.45, 2.75) is 32.9 Å². The first-order chi connectivity index (χ1) is 8.70. The van der Waals surface area contributed by atoms with Gasteiger partial charge in [-0.2, -0.15) is 0 Å². The zero-order valence-corrected chi connectivity index (χ0v) is 11.7. The Kier molecular flexibility index (Phi) is 6.86. The molecule has 2 atom stereocenters. The summed E-state index contributed by atoms with van der Waals surface area (Å²) in [7, 11) is 0. The van der Waals surface area contributed by atoms with E-state index in [2.05, 4.69) is 16.8 Å². The summed E-state index contributed by atoms with van der Waals surface area (Å²) < 4.78 is 5.43. The van der Waals surface area contributed by atoms with Gasteiger partial charge in [-0.1, -0.05) is 13.0 Å². The summed E-state index contributed by atoms with van der Waals surface area (Å²) in [5, 5.41) is 0. The van der Waals surface area contributed by atoms with Crippen LogP contribution in [-0.4, -0.2) is 42.2 Å². The van der Waals surface area contributed by atoms with Gasteiger partial charge in [0.05, 0.1) is 18.3 Å². The molecule has 1 heterocycles. The van der Waals surface area contributed by atoms with E-state index in [1.54, 1.807) is 0 Å². The third-order valence-electron chi connectivity index (χ3n) is 3.02. The van der Waals surface area contributed by atoms with E-state index in [4.69, 9.17) is 10.5 Å². The molecular weight excluding hydrogens is 226 g/mol. The number of hydrogen-bond donors (Lipinski definition) is 1. The average Bonchev–Trinajstić information content (AvgIpc) is 2.38. The number of likely N-dealkylation sites (N-methyl/N-ethyl adjacent to an activating group) is 1. The lowest BCUT2D eigenvalue weighted by Crippen LogP contribution is -2.41. The van der Waals surface area contributed by atoms with Gasteiger partial charge in [-0.3, -0.25) is 9.88 Å². The SMILES string of the molecule is CCOCCN(CC)C(c1ccccn1)C(C)N. The minimum Gasteiger partial charge on any atom is -0.380 e. The van der Waals surface area contributed by atoms with Crippen molar-refractivity contribution in [2.75, 3.05) is 26.3 Å². The Bertz CT molecular complexity index is 316. The van der Waals surface area contributed by atoms with E-state index in [0.29, 0.717) is 0 Å². The van der Waals surface area contributed by atoms with Crippen molar-refractivity contribution >= 4 is 0 Å². The first-order valence-corrected chi connectivity index (χ1v) is 6.69. The smallest absolute Gasteiger partial charge is 0.0671 e. The van der Waals surface area contributed by atoms with Crippen LogP contribution in [0.25, 0.3) is 0 Å². The van der Waals surface area contributed by atoms with Crippen LogP contribution in [0.4, 0.5) is 0 Å². The zero-order chi connectivity index (χ0) is 13.4. The van der Waals surface area contributed by atoms with E-state index in [1.807, 2.05) is 38.2 Å². The lowest BCUT2D eigenvalue weighted by molar-refractivity contribution is 0.0898. The lowest BCUT2D eigenvalue weighted by Gasteiger charge is -2.32. The fourth-order valence-electron chi connectivity index (χ4n) is 2.16. The van der Waals surface area contributed by atoms with Crippen LogP contribution in [0.3, 0.4) is 0 Å². The van der Waals surface area contributed by atoms with Gasteiger partial charge in [-0.05, 0) is 32.5 Å². The maximum Gasteiger partial charge on any atom is 0.0671 e. The number of hydrogen-bond acceptors (Lipinski definition) is 4. The zero-order valence-electron chi connectivity index (χ0n) is 11.7. The van der Waals surface area contributed by atoms with Gasteiger partial charge in [0, 0.05) is 25.4 Å². The number of rotatable bonds is 8. The Morgan fingerprint density at radius 2 is 2.17 bits per heavy atom. The molecule has 4 nitrogen and oxygen atoms in total. The number of nitrogens with two attached hydrogens (primary N) is 1. The lowest BCUT2D eigenvalue weighted by atomic mass is 10.0. The number of aromatic nitrogens is 1. The third-order valence-corrected chi connectivity index (χ3v) is 3.02. The van der Waals surface area contributed by atoms with Crippen LogP contribution in [0.1, 0.15) is 32.5 Å². The third kappa shape index (κ3) is 4.37. The van der Waals surface area contributed by atoms with E-state index in [1.165, 1.54) is 0 Å². The van der Waals surface area contributed by atoms with Crippen molar-refractivity contribution in [3.05, 3.63) is 30.1 Å². The highest BCUT2D eigenvalue weighted by Crippen LogP contribution is 2.20. The summed E-state index contributed by atoms with van der Waals surface area (Å²) in [6.45, 7) is 9.50. The fourth-order valence-corrected chi connectivity index (χ4v) is 2.16. The standard InChI is InChI=1S/C14H25N3O/c1-4-17(10-11-18-5-2)14(12(3)15)13-8-6-7-9-16-13/h6-9,12,14H,4-5,10-11,15H2,1-3H3. The molecule has 4 heteroatoms. The van der Waals surface area contributed by atoms with E-state index in [-0.39, 0.29) is 12.1 Å². The summed E-state index contributed by atoms with van der Waals surface area (Å²) in [6.07, 6.45) is 1.82. The van der Waals surface area contributed by atoms with Crippen LogP contribution in [0.5, 0.6) is 0 Å². The van der Waals surface area contributed by atoms with E-state index in [9.17, 15) is 0 Å². The van der Waals surface area contributed by atoms with Gasteiger partial charge < -0.3 is 10.5 Å². The predicted molar refractivity (Wildman–Crippen MR) is 74.4 cm³/mol. The van der Waals surface area contributed by atoms with Crippen molar-refractivity contribution in [2.24, 2.45) is 5.73 Å². The molecule has 18 heavy (non-hydrogen) atoms. The van der Waals surface area contributed by atoms with Crippen molar-refractivity contribution < 1.29 is 4.74 Å². The van der Waals surface area contributed by atoms with E-state index < -0.39 is 0 Å². The molecule has 0 aliphatic heterocycles. The summed E-state index contributed by atoms with van der Waals surface area (Å²) in [5.74, 6) is 0. The Balaban J connectivity index is 2.76. The highest BCUT2D eigenvalue weighted by atomic mass is 16.5. The Labute approximate surface area is 110 Å². The Hall–Kier alpha value is -0.970. The van der Waals surface area contributed by atoms with Crippen LogP contribution in [0.2, 0.25) is 0 Å². The van der Waals surface area contributed by atoms with Gasteiger partial charge in [0.2, 0.25) is 0 Å². The monoisotopic (exact) mass is 251 g/mol. The minimum absolute atomic E-state index is 0.0430. The molecule has 0 spiro atoms. The van der Waals surface area contributed by atoms with Gasteiger partial charge in [-0.15, -0.1) is 0 Å². The van der Waals surface area contributed by atoms with Gasteiger partial charge in [0.15, 0.2) is 0 Å². The van der Waals surface area contributed by atoms with Crippen molar-refractivity contribution in [1.82, 2.24) is 9.88 Å². The number of pyridine rings is 1. The Morgan fingerprint density at radius 3 is 2.67 bits per heavy atom. The molecule has 0 bridgehead atoms. The molecular formula is C14H25N3O. The fraction of sp³-hybridized carbons (Fsp3) is 0.643. The molecule has 0 amide bonds. The predicted octanol–water partition coefficient (Wildman–Crippen LogP) is 1.83. The molecule has 1 aromatic rings. The van der Waals surface area contributed by atoms with Gasteiger partial charge in [0.1, 0.15) is 0 Å². The summed E-state index contributed by atoms with van der Waals surface area (Å²) in [5.41, 5.74) is 7.16. The molecule has 0 fully saturated rings. The largest absolute Gasteiger partial charge is 0.380 e. The topological polar surface area (TPSA) is 51.4 Å².